The molecule has 0 saturated carbocycles. The fourth-order valence-electron chi connectivity index (χ4n) is 3.45. The summed E-state index contributed by atoms with van der Waals surface area (Å²) in [6, 6.07) is 13.7. The predicted molar refractivity (Wildman–Crippen MR) is 115 cm³/mol. The molecule has 0 fully saturated rings. The van der Waals surface area contributed by atoms with Crippen molar-refractivity contribution in [3.8, 4) is 6.07 Å². The Kier molecular flexibility index (Phi) is 7.21. The molecule has 1 unspecified atom stereocenters. The molecule has 31 heavy (non-hydrogen) atoms. The molecule has 1 aliphatic rings. The molecule has 1 aliphatic heterocycles. The molecule has 0 spiro atoms. The van der Waals surface area contributed by atoms with Crippen LogP contribution in [-0.4, -0.2) is 34.7 Å². The maximum Gasteiger partial charge on any atom is 0.305 e. The third kappa shape index (κ3) is 5.58. The van der Waals surface area contributed by atoms with Crippen LogP contribution in [-0.2, 0) is 28.4 Å². The molecule has 0 saturated heterocycles. The maximum atomic E-state index is 13.2. The van der Waals surface area contributed by atoms with Crippen LogP contribution in [0, 0.1) is 17.2 Å². The number of nitrogens with zero attached hydrogens (tertiary/aromatic N) is 2. The molecule has 2 aromatic carbocycles. The van der Waals surface area contributed by atoms with E-state index < -0.39 is 5.92 Å². The Labute approximate surface area is 185 Å². The first kappa shape index (κ1) is 22.2. The Bertz CT molecular complexity index is 1070. The zero-order valence-corrected chi connectivity index (χ0v) is 17.9. The van der Waals surface area contributed by atoms with Crippen LogP contribution in [0.1, 0.15) is 51.6 Å². The molecule has 3 rings (SSSR count). The van der Waals surface area contributed by atoms with E-state index >= 15 is 0 Å². The second kappa shape index (κ2) is 10.0. The summed E-state index contributed by atoms with van der Waals surface area (Å²) in [4.78, 5) is 37.5. The minimum atomic E-state index is -0.458. The first-order chi connectivity index (χ1) is 14.9. The van der Waals surface area contributed by atoms with Crippen LogP contribution in [0.2, 0.25) is 0 Å². The van der Waals surface area contributed by atoms with Crippen LogP contribution in [0.5, 0.6) is 0 Å². The van der Waals surface area contributed by atoms with Crippen molar-refractivity contribution in [3.05, 3.63) is 64.7 Å². The number of fused-ring (bicyclic) bond motifs is 1. The number of Topliss-reactive ketones (excluding diaryl/α,β-unsaturated/α-hetero) is 2. The first-order valence-electron chi connectivity index (χ1n) is 9.98. The van der Waals surface area contributed by atoms with Gasteiger partial charge in [-0.25, -0.2) is 0 Å². The van der Waals surface area contributed by atoms with Crippen molar-refractivity contribution in [1.82, 2.24) is 0 Å². The highest BCUT2D eigenvalue weighted by atomic mass is 32.1. The van der Waals surface area contributed by atoms with Gasteiger partial charge in [-0.15, -0.1) is 0 Å². The topological polar surface area (TPSA) is 99.3 Å². The summed E-state index contributed by atoms with van der Waals surface area (Å²) in [5.41, 5.74) is 5.73. The van der Waals surface area contributed by atoms with Gasteiger partial charge in [0.2, 0.25) is 0 Å². The lowest BCUT2D eigenvalue weighted by atomic mass is 9.91. The Morgan fingerprint density at radius 1 is 1.26 bits per heavy atom. The van der Waals surface area contributed by atoms with Crippen LogP contribution in [0.15, 0.2) is 42.5 Å². The van der Waals surface area contributed by atoms with Crippen molar-refractivity contribution in [2.24, 2.45) is 5.92 Å². The van der Waals surface area contributed by atoms with E-state index in [2.05, 4.69) is 5.43 Å². The number of hydrogen-bond acceptors (Lipinski definition) is 6. The zero-order valence-electron chi connectivity index (χ0n) is 17.1. The van der Waals surface area contributed by atoms with Gasteiger partial charge < -0.3 is 4.74 Å². The number of anilines is 1. The molecular formula is C23H22N3O4S+. The summed E-state index contributed by atoms with van der Waals surface area (Å²) in [6.45, 7) is 2.31. The molecule has 2 aromatic rings. The van der Waals surface area contributed by atoms with Gasteiger partial charge >= 0.3 is 5.97 Å². The molecule has 8 heteroatoms. The molecule has 158 valence electrons. The van der Waals surface area contributed by atoms with E-state index in [0.717, 1.165) is 0 Å². The van der Waals surface area contributed by atoms with Gasteiger partial charge in [-0.2, -0.15) is 10.7 Å². The summed E-state index contributed by atoms with van der Waals surface area (Å²) in [5.74, 6) is -1.03. The monoisotopic (exact) mass is 436 g/mol. The normalized spacial score (nSPS) is 15.3. The highest BCUT2D eigenvalue weighted by Gasteiger charge is 2.32. The van der Waals surface area contributed by atoms with Gasteiger partial charge in [0.05, 0.1) is 24.2 Å². The summed E-state index contributed by atoms with van der Waals surface area (Å²) >= 11 is 5.28. The SMILES string of the molecule is CCOC(=O)CCC1C[N+](=S)Nc2ccc(CC(=O)c3ccc(C#N)cc3)cc2C1=O. The average Bonchev–Trinajstić information content (AvgIpc) is 2.88. The number of benzene rings is 2. The van der Waals surface area contributed by atoms with Crippen LogP contribution >= 0.6 is 0 Å². The van der Waals surface area contributed by atoms with Gasteiger partial charge in [-0.1, -0.05) is 18.2 Å². The largest absolute Gasteiger partial charge is 0.466 e. The number of rotatable bonds is 7. The summed E-state index contributed by atoms with van der Waals surface area (Å²) in [5, 5.41) is 8.89. The molecule has 1 N–H and O–H groups in total. The smallest absolute Gasteiger partial charge is 0.305 e. The number of carbonyl (C=O) groups excluding carboxylic acids is 3. The van der Waals surface area contributed by atoms with E-state index in [9.17, 15) is 14.4 Å². The van der Waals surface area contributed by atoms with Gasteiger partial charge in [-0.3, -0.25) is 14.4 Å². The third-order valence-corrected chi connectivity index (χ3v) is 5.29. The lowest BCUT2D eigenvalue weighted by Gasteiger charge is -2.10. The highest BCUT2D eigenvalue weighted by molar-refractivity contribution is 7.44. The maximum absolute atomic E-state index is 13.2. The molecule has 0 bridgehead atoms. The number of ether oxygens (including phenoxy) is 1. The van der Waals surface area contributed by atoms with Gasteiger partial charge in [0, 0.05) is 24.0 Å². The summed E-state index contributed by atoms with van der Waals surface area (Å²) < 4.78 is 6.37. The second-order valence-corrected chi connectivity index (χ2v) is 7.69. The summed E-state index contributed by atoms with van der Waals surface area (Å²) in [7, 11) is 0. The van der Waals surface area contributed by atoms with Crippen LogP contribution in [0.25, 0.3) is 0 Å². The molecule has 0 radical (unpaired) electrons. The van der Waals surface area contributed by atoms with Crippen molar-refractivity contribution >= 4 is 35.6 Å². The van der Waals surface area contributed by atoms with Gasteiger partial charge in [0.15, 0.2) is 18.1 Å². The molecule has 0 amide bonds. The van der Waals surface area contributed by atoms with Crippen molar-refractivity contribution in [3.63, 3.8) is 0 Å². The van der Waals surface area contributed by atoms with Crippen molar-refractivity contribution < 1.29 is 23.2 Å². The Morgan fingerprint density at radius 3 is 2.68 bits per heavy atom. The fourth-order valence-corrected chi connectivity index (χ4v) is 3.73. The molecular weight excluding hydrogens is 414 g/mol. The number of esters is 1. The van der Waals surface area contributed by atoms with E-state index in [-0.39, 0.29) is 36.9 Å². The van der Waals surface area contributed by atoms with E-state index in [0.29, 0.717) is 41.0 Å². The molecule has 0 aromatic heterocycles. The fraction of sp³-hybridized carbons (Fsp3) is 0.304. The third-order valence-electron chi connectivity index (χ3n) is 5.05. The van der Waals surface area contributed by atoms with Crippen molar-refractivity contribution in [2.45, 2.75) is 26.2 Å². The molecule has 1 heterocycles. The minimum absolute atomic E-state index is 0.109. The number of hydrogen-bond donors (Lipinski definition) is 1. The Morgan fingerprint density at radius 2 is 2.00 bits per heavy atom. The predicted octanol–water partition coefficient (Wildman–Crippen LogP) is 3.21. The van der Waals surface area contributed by atoms with Crippen LogP contribution < -0.4 is 5.43 Å². The van der Waals surface area contributed by atoms with E-state index in [1.165, 1.54) is 4.05 Å². The number of nitriles is 1. The first-order valence-corrected chi connectivity index (χ1v) is 10.3. The van der Waals surface area contributed by atoms with Gasteiger partial charge in [0.1, 0.15) is 5.69 Å². The number of ketones is 2. The van der Waals surface area contributed by atoms with Crippen LogP contribution in [0.3, 0.4) is 0 Å². The lowest BCUT2D eigenvalue weighted by molar-refractivity contribution is -0.470. The van der Waals surface area contributed by atoms with Crippen LogP contribution in [0.4, 0.5) is 5.69 Å². The quantitative estimate of drug-likeness (QED) is 0.404. The van der Waals surface area contributed by atoms with E-state index in [4.69, 9.17) is 22.4 Å². The van der Waals surface area contributed by atoms with Crippen molar-refractivity contribution in [2.75, 3.05) is 18.6 Å². The number of carbonyl (C=O) groups is 3. The standard InChI is InChI=1S/C23H21N3O4S/c1-2-30-22(28)10-8-18-14-26(31)25-20-9-5-16(11-19(20)23(18)29)12-21(27)17-6-3-15(13-24)4-7-17/h3-7,9,11,18H,2,8,10,12,14H2,1H3/p+1. The molecule has 1 atom stereocenters. The van der Waals surface area contributed by atoms with Gasteiger partial charge in [0.25, 0.3) is 12.4 Å². The van der Waals surface area contributed by atoms with E-state index in [1.807, 2.05) is 6.07 Å². The number of hydrazine groups is 1. The lowest BCUT2D eigenvalue weighted by Crippen LogP contribution is -2.25. The summed E-state index contributed by atoms with van der Waals surface area (Å²) in [6.07, 6.45) is 0.595. The van der Waals surface area contributed by atoms with Crippen molar-refractivity contribution in [1.29, 1.82) is 5.26 Å². The second-order valence-electron chi connectivity index (χ2n) is 7.25. The highest BCUT2D eigenvalue weighted by Crippen LogP contribution is 2.27. The number of nitrogens with one attached hydrogen (secondary N) is 1. The van der Waals surface area contributed by atoms with Gasteiger partial charge in [-0.05, 0) is 47.2 Å². The Hall–Kier alpha value is -3.44. The Balaban J connectivity index is 1.78. The molecule has 0 aliphatic carbocycles. The molecule has 7 nitrogen and oxygen atoms in total. The zero-order chi connectivity index (χ0) is 22.4. The minimum Gasteiger partial charge on any atom is -0.466 e. The van der Waals surface area contributed by atoms with E-state index in [1.54, 1.807) is 49.4 Å². The average molecular weight is 437 g/mol.